The Labute approximate surface area is 145 Å². The van der Waals surface area contributed by atoms with Crippen molar-refractivity contribution in [3.63, 3.8) is 0 Å². The number of fused-ring (bicyclic) bond motifs is 1. The normalized spacial score (nSPS) is 21.5. The van der Waals surface area contributed by atoms with Crippen LogP contribution < -0.4 is 0 Å². The van der Waals surface area contributed by atoms with E-state index in [9.17, 15) is 0 Å². The molecule has 24 heavy (non-hydrogen) atoms. The molecule has 2 bridgehead atoms. The maximum absolute atomic E-state index is 2.55. The van der Waals surface area contributed by atoms with Crippen LogP contribution in [0.3, 0.4) is 0 Å². The van der Waals surface area contributed by atoms with E-state index in [0.29, 0.717) is 5.92 Å². The van der Waals surface area contributed by atoms with Crippen molar-refractivity contribution in [2.45, 2.75) is 39.5 Å². The van der Waals surface area contributed by atoms with Crippen LogP contribution in [0.15, 0.2) is 83.5 Å². The molecule has 0 saturated heterocycles. The van der Waals surface area contributed by atoms with Crippen LogP contribution in [0.5, 0.6) is 0 Å². The fourth-order valence-electron chi connectivity index (χ4n) is 4.85. The van der Waals surface area contributed by atoms with E-state index in [0.717, 1.165) is 0 Å². The fraction of sp³-hybridized carbons (Fsp3) is 0.333. The highest BCUT2D eigenvalue weighted by Crippen LogP contribution is 2.68. The van der Waals surface area contributed by atoms with Crippen LogP contribution in [0.25, 0.3) is 0 Å². The average Bonchev–Trinajstić information content (AvgIpc) is 3.13. The molecule has 0 heterocycles. The maximum atomic E-state index is 2.55. The molecular formula is C24H26. The van der Waals surface area contributed by atoms with E-state index in [1.54, 1.807) is 16.7 Å². The van der Waals surface area contributed by atoms with Gasteiger partial charge in [0.1, 0.15) is 0 Å². The van der Waals surface area contributed by atoms with Gasteiger partial charge in [-0.2, -0.15) is 0 Å². The van der Waals surface area contributed by atoms with Crippen molar-refractivity contribution < 1.29 is 0 Å². The second-order valence-electron chi connectivity index (χ2n) is 8.12. The van der Waals surface area contributed by atoms with Crippen molar-refractivity contribution in [2.75, 3.05) is 0 Å². The highest BCUT2D eigenvalue weighted by Gasteiger charge is 2.59. The fourth-order valence-corrected chi connectivity index (χ4v) is 4.85. The van der Waals surface area contributed by atoms with Gasteiger partial charge in [0, 0.05) is 5.92 Å². The SMILES string of the molecule is CCC1C=C2C(C(C)(C)C)=C1C2(c1ccccc1)c1ccccc1. The van der Waals surface area contributed by atoms with Crippen molar-refractivity contribution in [3.8, 4) is 0 Å². The molecule has 0 nitrogen and oxygen atoms in total. The van der Waals surface area contributed by atoms with Crippen molar-refractivity contribution in [1.29, 1.82) is 0 Å². The summed E-state index contributed by atoms with van der Waals surface area (Å²) in [6, 6.07) is 22.2. The lowest BCUT2D eigenvalue weighted by Gasteiger charge is -2.50. The Morgan fingerprint density at radius 1 is 0.833 bits per heavy atom. The highest BCUT2D eigenvalue weighted by molar-refractivity contribution is 5.78. The Kier molecular flexibility index (Phi) is 3.35. The quantitative estimate of drug-likeness (QED) is 0.624. The predicted octanol–water partition coefficient (Wildman–Crippen LogP) is 6.30. The van der Waals surface area contributed by atoms with E-state index < -0.39 is 0 Å². The summed E-state index contributed by atoms with van der Waals surface area (Å²) in [4.78, 5) is 0. The zero-order valence-electron chi connectivity index (χ0n) is 15.1. The first-order valence-corrected chi connectivity index (χ1v) is 9.10. The third-order valence-electron chi connectivity index (χ3n) is 5.69. The van der Waals surface area contributed by atoms with Gasteiger partial charge in [-0.25, -0.2) is 0 Å². The molecule has 0 aromatic heterocycles. The topological polar surface area (TPSA) is 0 Å². The van der Waals surface area contributed by atoms with Crippen LogP contribution in [-0.4, -0.2) is 0 Å². The first-order chi connectivity index (χ1) is 11.5. The summed E-state index contributed by atoms with van der Waals surface area (Å²) in [5, 5.41) is 0. The number of allylic oxidation sites excluding steroid dienone is 4. The molecule has 5 rings (SSSR count). The number of rotatable bonds is 3. The van der Waals surface area contributed by atoms with Crippen molar-refractivity contribution >= 4 is 0 Å². The molecule has 3 aliphatic carbocycles. The van der Waals surface area contributed by atoms with Gasteiger partial charge in [-0.05, 0) is 39.7 Å². The molecule has 0 fully saturated rings. The summed E-state index contributed by atoms with van der Waals surface area (Å²) in [6.45, 7) is 9.38. The first kappa shape index (κ1) is 15.4. The second-order valence-corrected chi connectivity index (χ2v) is 8.12. The molecule has 1 atom stereocenters. The summed E-state index contributed by atoms with van der Waals surface area (Å²) in [5.74, 6) is 0.578. The molecule has 0 N–H and O–H groups in total. The van der Waals surface area contributed by atoms with Crippen LogP contribution >= 0.6 is 0 Å². The van der Waals surface area contributed by atoms with Gasteiger partial charge in [0.15, 0.2) is 0 Å². The molecule has 3 aliphatic rings. The minimum atomic E-state index is -0.0220. The Balaban J connectivity index is 2.02. The molecule has 0 saturated carbocycles. The third kappa shape index (κ3) is 1.86. The minimum Gasteiger partial charge on any atom is -0.0722 e. The lowest BCUT2D eigenvalue weighted by molar-refractivity contribution is 0.444. The molecule has 0 amide bonds. The van der Waals surface area contributed by atoms with Crippen LogP contribution in [0.1, 0.15) is 45.2 Å². The maximum Gasteiger partial charge on any atom is 0.0673 e. The molecular weight excluding hydrogens is 288 g/mol. The Morgan fingerprint density at radius 2 is 1.33 bits per heavy atom. The summed E-state index contributed by atoms with van der Waals surface area (Å²) in [5.41, 5.74) is 7.81. The smallest absolute Gasteiger partial charge is 0.0673 e. The molecule has 0 spiro atoms. The Morgan fingerprint density at radius 3 is 1.71 bits per heavy atom. The molecule has 2 aromatic rings. The van der Waals surface area contributed by atoms with Gasteiger partial charge < -0.3 is 0 Å². The third-order valence-corrected chi connectivity index (χ3v) is 5.69. The lowest BCUT2D eigenvalue weighted by Crippen LogP contribution is -2.43. The van der Waals surface area contributed by atoms with E-state index in [2.05, 4.69) is 94.4 Å². The van der Waals surface area contributed by atoms with Gasteiger partial charge in [-0.15, -0.1) is 0 Å². The second kappa shape index (κ2) is 5.21. The van der Waals surface area contributed by atoms with E-state index in [1.807, 2.05) is 0 Å². The van der Waals surface area contributed by atoms with Crippen molar-refractivity contribution in [3.05, 3.63) is 94.6 Å². The summed E-state index contributed by atoms with van der Waals surface area (Å²) in [7, 11) is 0. The molecule has 0 heteroatoms. The van der Waals surface area contributed by atoms with Gasteiger partial charge in [0.05, 0.1) is 5.41 Å². The molecule has 1 unspecified atom stereocenters. The Bertz CT molecular complexity index is 774. The number of hydrogen-bond donors (Lipinski definition) is 0. The van der Waals surface area contributed by atoms with Gasteiger partial charge in [-0.3, -0.25) is 0 Å². The average molecular weight is 314 g/mol. The van der Waals surface area contributed by atoms with E-state index in [-0.39, 0.29) is 10.8 Å². The van der Waals surface area contributed by atoms with Crippen LogP contribution in [0.4, 0.5) is 0 Å². The monoisotopic (exact) mass is 314 g/mol. The van der Waals surface area contributed by atoms with Gasteiger partial charge in [0.2, 0.25) is 0 Å². The van der Waals surface area contributed by atoms with Gasteiger partial charge >= 0.3 is 0 Å². The predicted molar refractivity (Wildman–Crippen MR) is 102 cm³/mol. The van der Waals surface area contributed by atoms with Crippen molar-refractivity contribution in [2.24, 2.45) is 11.3 Å². The lowest BCUT2D eigenvalue weighted by atomic mass is 9.51. The molecule has 122 valence electrons. The molecule has 2 aromatic carbocycles. The van der Waals surface area contributed by atoms with Crippen LogP contribution in [0.2, 0.25) is 0 Å². The van der Waals surface area contributed by atoms with Crippen LogP contribution in [0, 0.1) is 11.3 Å². The van der Waals surface area contributed by atoms with Gasteiger partial charge in [-0.1, -0.05) is 94.4 Å². The number of hydrogen-bond acceptors (Lipinski definition) is 0. The highest BCUT2D eigenvalue weighted by atomic mass is 14.6. The zero-order chi connectivity index (χ0) is 16.9. The number of benzene rings is 2. The zero-order valence-corrected chi connectivity index (χ0v) is 15.1. The molecule has 0 aliphatic heterocycles. The van der Waals surface area contributed by atoms with Gasteiger partial charge in [0.25, 0.3) is 0 Å². The summed E-state index contributed by atoms with van der Waals surface area (Å²) < 4.78 is 0. The van der Waals surface area contributed by atoms with Crippen molar-refractivity contribution in [1.82, 2.24) is 0 Å². The first-order valence-electron chi connectivity index (χ1n) is 9.10. The Hall–Kier alpha value is -2.08. The van der Waals surface area contributed by atoms with E-state index in [4.69, 9.17) is 0 Å². The van der Waals surface area contributed by atoms with E-state index >= 15 is 0 Å². The summed E-state index contributed by atoms with van der Waals surface area (Å²) in [6.07, 6.45) is 3.73. The summed E-state index contributed by atoms with van der Waals surface area (Å²) >= 11 is 0. The molecule has 0 radical (unpaired) electrons. The minimum absolute atomic E-state index is 0.0220. The standard InChI is InChI=1S/C24H26/c1-5-17-16-20-22(23(2,3)4)21(17)24(20,18-12-8-6-9-13-18)19-14-10-7-11-15-19/h6-17H,5H2,1-4H3. The van der Waals surface area contributed by atoms with E-state index in [1.165, 1.54) is 17.5 Å². The largest absolute Gasteiger partial charge is 0.0722 e. The van der Waals surface area contributed by atoms with Crippen LogP contribution in [-0.2, 0) is 5.41 Å².